The Balaban J connectivity index is 1.59. The maximum absolute atomic E-state index is 5.93. The number of ether oxygens (including phenoxy) is 1. The van der Waals surface area contributed by atoms with E-state index in [0.717, 1.165) is 57.0 Å². The van der Waals surface area contributed by atoms with Crippen LogP contribution in [0.15, 0.2) is 18.3 Å². The third-order valence-electron chi connectivity index (χ3n) is 6.20. The molecule has 0 aliphatic heterocycles. The molecule has 0 spiro atoms. The molecule has 2 aromatic heterocycles. The van der Waals surface area contributed by atoms with Crippen molar-refractivity contribution >= 4 is 0 Å². The van der Waals surface area contributed by atoms with Crippen LogP contribution in [0.1, 0.15) is 60.7 Å². The van der Waals surface area contributed by atoms with Gasteiger partial charge in [0.2, 0.25) is 0 Å². The van der Waals surface area contributed by atoms with Gasteiger partial charge in [0.05, 0.1) is 24.0 Å². The minimum Gasteiger partial charge on any atom is -0.361 e. The van der Waals surface area contributed by atoms with E-state index in [1.54, 1.807) is 0 Å². The second-order valence-corrected chi connectivity index (χ2v) is 8.28. The molecular weight excluding hydrogens is 362 g/mol. The molecule has 0 fully saturated rings. The molecular formula is C23H37N5O. The highest BCUT2D eigenvalue weighted by Crippen LogP contribution is 2.32. The first-order chi connectivity index (χ1) is 14.0. The first-order valence-corrected chi connectivity index (χ1v) is 10.9. The first-order valence-electron chi connectivity index (χ1n) is 10.9. The summed E-state index contributed by atoms with van der Waals surface area (Å²) in [5.41, 5.74) is 4.99. The third-order valence-corrected chi connectivity index (χ3v) is 6.20. The predicted molar refractivity (Wildman–Crippen MR) is 117 cm³/mol. The minimum atomic E-state index is 0.372. The fourth-order valence-corrected chi connectivity index (χ4v) is 4.19. The van der Waals surface area contributed by atoms with Crippen LogP contribution in [0.5, 0.6) is 0 Å². The fourth-order valence-electron chi connectivity index (χ4n) is 4.19. The lowest BCUT2D eigenvalue weighted by molar-refractivity contribution is 0.0681. The summed E-state index contributed by atoms with van der Waals surface area (Å²) in [4.78, 5) is 14.3. The molecule has 2 aromatic rings. The molecule has 0 N–H and O–H groups in total. The summed E-state index contributed by atoms with van der Waals surface area (Å²) < 4.78 is 8.12. The van der Waals surface area contributed by atoms with Crippen molar-refractivity contribution in [3.05, 3.63) is 46.8 Å². The zero-order valence-corrected chi connectivity index (χ0v) is 18.8. The van der Waals surface area contributed by atoms with Crippen LogP contribution in [0.2, 0.25) is 0 Å². The van der Waals surface area contributed by atoms with Gasteiger partial charge in [-0.2, -0.15) is 0 Å². The number of aromatic nitrogens is 3. The largest absolute Gasteiger partial charge is 0.361 e. The Morgan fingerprint density at radius 3 is 2.90 bits per heavy atom. The smallest absolute Gasteiger partial charge is 0.124 e. The van der Waals surface area contributed by atoms with Gasteiger partial charge in [-0.25, -0.2) is 4.98 Å². The van der Waals surface area contributed by atoms with Crippen molar-refractivity contribution in [2.45, 2.75) is 65.8 Å². The van der Waals surface area contributed by atoms with Gasteiger partial charge >= 0.3 is 0 Å². The second kappa shape index (κ2) is 10.3. The lowest BCUT2D eigenvalue weighted by Crippen LogP contribution is -2.28. The van der Waals surface area contributed by atoms with Gasteiger partial charge in [0.15, 0.2) is 0 Å². The maximum Gasteiger partial charge on any atom is 0.124 e. The number of nitrogens with zero attached hydrogens (tertiary/aromatic N) is 5. The zero-order valence-electron chi connectivity index (χ0n) is 18.8. The SMILES string of the molecule is CCN(C)CCCOCn1c(C)nc(CN(C)[C@H]2CCCc3cccnc32)c1C. The number of aryl methyl sites for hydroxylation is 2. The summed E-state index contributed by atoms with van der Waals surface area (Å²) in [7, 11) is 4.34. The van der Waals surface area contributed by atoms with Gasteiger partial charge in [0.25, 0.3) is 0 Å². The number of pyridine rings is 1. The fraction of sp³-hybridized carbons (Fsp3) is 0.652. The molecule has 3 rings (SSSR count). The molecule has 0 saturated heterocycles. The monoisotopic (exact) mass is 399 g/mol. The molecule has 0 aromatic carbocycles. The van der Waals surface area contributed by atoms with Crippen LogP contribution in [0, 0.1) is 13.8 Å². The Morgan fingerprint density at radius 1 is 1.28 bits per heavy atom. The van der Waals surface area contributed by atoms with Crippen molar-refractivity contribution in [1.82, 2.24) is 24.3 Å². The minimum absolute atomic E-state index is 0.372. The van der Waals surface area contributed by atoms with E-state index in [4.69, 9.17) is 14.7 Å². The average molecular weight is 400 g/mol. The summed E-state index contributed by atoms with van der Waals surface area (Å²) in [6.45, 7) is 10.8. The van der Waals surface area contributed by atoms with Gasteiger partial charge in [-0.05, 0) is 71.8 Å². The summed E-state index contributed by atoms with van der Waals surface area (Å²) in [6.07, 6.45) is 6.51. The Kier molecular flexibility index (Phi) is 7.81. The third kappa shape index (κ3) is 5.44. The molecule has 0 amide bonds. The Bertz CT molecular complexity index is 788. The molecule has 1 atom stereocenters. The van der Waals surface area contributed by atoms with Crippen LogP contribution in [0.25, 0.3) is 0 Å². The highest BCUT2D eigenvalue weighted by atomic mass is 16.5. The van der Waals surface area contributed by atoms with Gasteiger partial charge in [-0.3, -0.25) is 9.88 Å². The molecule has 6 heteroatoms. The van der Waals surface area contributed by atoms with Gasteiger partial charge in [0, 0.05) is 25.0 Å². The quantitative estimate of drug-likeness (QED) is 0.570. The number of hydrogen-bond acceptors (Lipinski definition) is 5. The summed E-state index contributed by atoms with van der Waals surface area (Å²) in [6, 6.07) is 4.65. The highest BCUT2D eigenvalue weighted by molar-refractivity contribution is 5.26. The van der Waals surface area contributed by atoms with Crippen LogP contribution < -0.4 is 0 Å². The lowest BCUT2D eigenvalue weighted by atomic mass is 9.91. The van der Waals surface area contributed by atoms with Gasteiger partial charge in [0.1, 0.15) is 12.6 Å². The highest BCUT2D eigenvalue weighted by Gasteiger charge is 2.26. The molecule has 1 aliphatic carbocycles. The van der Waals surface area contributed by atoms with Crippen LogP contribution in [-0.4, -0.2) is 58.1 Å². The van der Waals surface area contributed by atoms with Crippen molar-refractivity contribution in [3.63, 3.8) is 0 Å². The Hall–Kier alpha value is -1.76. The summed E-state index contributed by atoms with van der Waals surface area (Å²) in [5.74, 6) is 1.03. The van der Waals surface area contributed by atoms with Crippen LogP contribution in [-0.2, 0) is 24.4 Å². The number of rotatable bonds is 10. The van der Waals surface area contributed by atoms with Crippen LogP contribution in [0.4, 0.5) is 0 Å². The molecule has 0 radical (unpaired) electrons. The van der Waals surface area contributed by atoms with E-state index < -0.39 is 0 Å². The van der Waals surface area contributed by atoms with Crippen molar-refractivity contribution in [1.29, 1.82) is 0 Å². The van der Waals surface area contributed by atoms with E-state index in [1.807, 2.05) is 6.20 Å². The van der Waals surface area contributed by atoms with Crippen molar-refractivity contribution in [2.75, 3.05) is 33.8 Å². The average Bonchev–Trinajstić information content (AvgIpc) is 2.99. The van der Waals surface area contributed by atoms with Gasteiger partial charge in [-0.1, -0.05) is 13.0 Å². The Morgan fingerprint density at radius 2 is 2.10 bits per heavy atom. The van der Waals surface area contributed by atoms with Crippen LogP contribution in [0.3, 0.4) is 0 Å². The predicted octanol–water partition coefficient (Wildman–Crippen LogP) is 3.72. The van der Waals surface area contributed by atoms with E-state index in [0.29, 0.717) is 12.8 Å². The molecule has 2 heterocycles. The summed E-state index contributed by atoms with van der Waals surface area (Å²) >= 11 is 0. The lowest BCUT2D eigenvalue weighted by Gasteiger charge is -2.32. The van der Waals surface area contributed by atoms with Gasteiger partial charge in [-0.15, -0.1) is 0 Å². The number of fused-ring (bicyclic) bond motifs is 1. The first kappa shape index (κ1) is 21.9. The van der Waals surface area contributed by atoms with Crippen molar-refractivity contribution in [3.8, 4) is 0 Å². The molecule has 0 bridgehead atoms. The van der Waals surface area contributed by atoms with Gasteiger partial charge < -0.3 is 14.2 Å². The topological polar surface area (TPSA) is 46.4 Å². The van der Waals surface area contributed by atoms with Crippen molar-refractivity contribution in [2.24, 2.45) is 0 Å². The van der Waals surface area contributed by atoms with E-state index in [-0.39, 0.29) is 0 Å². The number of hydrogen-bond donors (Lipinski definition) is 0. The zero-order chi connectivity index (χ0) is 20.8. The molecule has 0 saturated carbocycles. The van der Waals surface area contributed by atoms with E-state index >= 15 is 0 Å². The number of imidazole rings is 1. The van der Waals surface area contributed by atoms with E-state index in [2.05, 4.69) is 61.4 Å². The molecule has 0 unspecified atom stereocenters. The second-order valence-electron chi connectivity index (χ2n) is 8.28. The van der Waals surface area contributed by atoms with Crippen molar-refractivity contribution < 1.29 is 4.74 Å². The molecule has 160 valence electrons. The molecule has 1 aliphatic rings. The maximum atomic E-state index is 5.93. The van der Waals surface area contributed by atoms with E-state index in [9.17, 15) is 0 Å². The van der Waals surface area contributed by atoms with Crippen LogP contribution >= 0.6 is 0 Å². The normalized spacial score (nSPS) is 16.6. The molecule has 6 nitrogen and oxygen atoms in total. The summed E-state index contributed by atoms with van der Waals surface area (Å²) in [5, 5.41) is 0. The Labute approximate surface area is 175 Å². The molecule has 29 heavy (non-hydrogen) atoms. The standard InChI is InChI=1S/C23H37N5O/c1-6-26(4)14-9-15-29-17-28-18(2)21(25-19(28)3)16-27(5)22-12-7-10-20-11-8-13-24-23(20)22/h8,11,13,22H,6-7,9-10,12,14-17H2,1-5H3/t22-/m0/s1. The van der Waals surface area contributed by atoms with E-state index in [1.165, 1.54) is 23.4 Å².